The van der Waals surface area contributed by atoms with Crippen LogP contribution < -0.4 is 10.1 Å². The monoisotopic (exact) mass is 271 g/mol. The Labute approximate surface area is 118 Å². The van der Waals surface area contributed by atoms with Crippen molar-refractivity contribution in [1.29, 1.82) is 0 Å². The van der Waals surface area contributed by atoms with Crippen LogP contribution in [0.3, 0.4) is 0 Å². The van der Waals surface area contributed by atoms with Gasteiger partial charge in [0.25, 0.3) is 0 Å². The first-order chi connectivity index (χ1) is 9.70. The smallest absolute Gasteiger partial charge is 0.167 e. The minimum Gasteiger partial charge on any atom is -0.485 e. The van der Waals surface area contributed by atoms with Crippen LogP contribution in [-0.2, 0) is 6.42 Å². The maximum absolute atomic E-state index is 14.1. The summed E-state index contributed by atoms with van der Waals surface area (Å²) >= 11 is 0. The van der Waals surface area contributed by atoms with Crippen molar-refractivity contribution in [3.8, 4) is 5.75 Å². The first kappa shape index (κ1) is 13.1. The number of ether oxygens (including phenoxy) is 1. The summed E-state index contributed by atoms with van der Waals surface area (Å²) in [5, 5.41) is 3.28. The van der Waals surface area contributed by atoms with Gasteiger partial charge in [-0.1, -0.05) is 36.4 Å². The molecule has 2 aromatic carbocycles. The van der Waals surface area contributed by atoms with Crippen molar-refractivity contribution in [1.82, 2.24) is 5.32 Å². The summed E-state index contributed by atoms with van der Waals surface area (Å²) in [7, 11) is 1.91. The zero-order valence-corrected chi connectivity index (χ0v) is 11.7. The quantitative estimate of drug-likeness (QED) is 0.924. The second-order valence-electron chi connectivity index (χ2n) is 5.21. The van der Waals surface area contributed by atoms with Crippen molar-refractivity contribution in [2.24, 2.45) is 0 Å². The molecule has 0 bridgehead atoms. The van der Waals surface area contributed by atoms with Crippen LogP contribution in [0, 0.1) is 12.7 Å². The van der Waals surface area contributed by atoms with Crippen LogP contribution in [0.15, 0.2) is 42.5 Å². The molecule has 2 nitrogen and oxygen atoms in total. The first-order valence-electron chi connectivity index (χ1n) is 6.87. The standard InChI is InChI=1S/C17H18FNO/c1-11-6-5-9-14(16(11)18)20-15-10-12-7-3-4-8-13(12)17(15)19-2/h3-9,15,17,19H,10H2,1-2H3. The highest BCUT2D eigenvalue weighted by molar-refractivity contribution is 5.38. The van der Waals surface area contributed by atoms with Crippen molar-refractivity contribution in [2.75, 3.05) is 7.05 Å². The maximum Gasteiger partial charge on any atom is 0.167 e. The average Bonchev–Trinajstić information content (AvgIpc) is 2.81. The second kappa shape index (κ2) is 5.25. The SMILES string of the molecule is CNC1c2ccccc2CC1Oc1cccc(C)c1F. The molecule has 0 radical (unpaired) electrons. The van der Waals surface area contributed by atoms with Crippen molar-refractivity contribution >= 4 is 0 Å². The molecular weight excluding hydrogens is 253 g/mol. The molecule has 20 heavy (non-hydrogen) atoms. The van der Waals surface area contributed by atoms with Crippen molar-refractivity contribution < 1.29 is 9.13 Å². The predicted octanol–water partition coefficient (Wildman–Crippen LogP) is 3.40. The van der Waals surface area contributed by atoms with Crippen LogP contribution >= 0.6 is 0 Å². The molecule has 3 heteroatoms. The fraction of sp³-hybridized carbons (Fsp3) is 0.294. The molecule has 0 saturated heterocycles. The van der Waals surface area contributed by atoms with E-state index in [0.29, 0.717) is 11.3 Å². The fourth-order valence-corrected chi connectivity index (χ4v) is 2.88. The van der Waals surface area contributed by atoms with Gasteiger partial charge in [0, 0.05) is 6.42 Å². The summed E-state index contributed by atoms with van der Waals surface area (Å²) in [5.74, 6) is 0.0707. The Hall–Kier alpha value is -1.87. The first-order valence-corrected chi connectivity index (χ1v) is 6.87. The van der Waals surface area contributed by atoms with E-state index < -0.39 is 0 Å². The van der Waals surface area contributed by atoms with Gasteiger partial charge < -0.3 is 10.1 Å². The van der Waals surface area contributed by atoms with E-state index in [9.17, 15) is 4.39 Å². The molecule has 0 spiro atoms. The Balaban J connectivity index is 1.87. The number of hydrogen-bond acceptors (Lipinski definition) is 2. The Morgan fingerprint density at radius 1 is 1.15 bits per heavy atom. The van der Waals surface area contributed by atoms with E-state index in [1.54, 1.807) is 19.1 Å². The van der Waals surface area contributed by atoms with Gasteiger partial charge >= 0.3 is 0 Å². The lowest BCUT2D eigenvalue weighted by Gasteiger charge is -2.22. The molecule has 1 N–H and O–H groups in total. The maximum atomic E-state index is 14.1. The molecule has 2 aromatic rings. The van der Waals surface area contributed by atoms with E-state index >= 15 is 0 Å². The van der Waals surface area contributed by atoms with Gasteiger partial charge in [-0.25, -0.2) is 4.39 Å². The van der Waals surface area contributed by atoms with Gasteiger partial charge in [-0.15, -0.1) is 0 Å². The largest absolute Gasteiger partial charge is 0.485 e. The molecule has 1 aliphatic carbocycles. The van der Waals surface area contributed by atoms with E-state index in [1.807, 2.05) is 25.2 Å². The minimum atomic E-state index is -0.265. The van der Waals surface area contributed by atoms with E-state index in [4.69, 9.17) is 4.74 Å². The average molecular weight is 271 g/mol. The van der Waals surface area contributed by atoms with Gasteiger partial charge in [0.2, 0.25) is 0 Å². The van der Waals surface area contributed by atoms with Crippen molar-refractivity contribution in [3.05, 3.63) is 65.0 Å². The summed E-state index contributed by atoms with van der Waals surface area (Å²) in [6, 6.07) is 13.6. The number of halogens is 1. The Bertz CT molecular complexity index is 626. The lowest BCUT2D eigenvalue weighted by atomic mass is 10.1. The highest BCUT2D eigenvalue weighted by Gasteiger charge is 2.33. The molecular formula is C17H18FNO. The van der Waals surface area contributed by atoms with Crippen molar-refractivity contribution in [3.63, 3.8) is 0 Å². The summed E-state index contributed by atoms with van der Waals surface area (Å²) in [4.78, 5) is 0. The number of fused-ring (bicyclic) bond motifs is 1. The van der Waals surface area contributed by atoms with E-state index in [1.165, 1.54) is 11.1 Å². The molecule has 0 aliphatic heterocycles. The number of likely N-dealkylation sites (N-methyl/N-ethyl adjacent to an activating group) is 1. The van der Waals surface area contributed by atoms with Gasteiger partial charge in [0.15, 0.2) is 11.6 Å². The minimum absolute atomic E-state index is 0.0753. The summed E-state index contributed by atoms with van der Waals surface area (Å²) < 4.78 is 20.0. The predicted molar refractivity (Wildman–Crippen MR) is 77.5 cm³/mol. The van der Waals surface area contributed by atoms with Crippen LogP contribution in [0.5, 0.6) is 5.75 Å². The number of aryl methyl sites for hydroxylation is 1. The van der Waals surface area contributed by atoms with Crippen LogP contribution in [0.25, 0.3) is 0 Å². The van der Waals surface area contributed by atoms with E-state index in [2.05, 4.69) is 17.4 Å². The Morgan fingerprint density at radius 2 is 1.95 bits per heavy atom. The zero-order chi connectivity index (χ0) is 14.1. The van der Waals surface area contributed by atoms with Crippen LogP contribution in [-0.4, -0.2) is 13.2 Å². The third-order valence-corrected chi connectivity index (χ3v) is 3.93. The molecule has 0 saturated carbocycles. The normalized spacial score (nSPS) is 20.8. The summed E-state index contributed by atoms with van der Waals surface area (Å²) in [6.45, 7) is 1.75. The third kappa shape index (κ3) is 2.18. The Morgan fingerprint density at radius 3 is 2.75 bits per heavy atom. The van der Waals surface area contributed by atoms with Gasteiger partial charge in [0.05, 0.1) is 6.04 Å². The summed E-state index contributed by atoms with van der Waals surface area (Å²) in [5.41, 5.74) is 3.12. The highest BCUT2D eigenvalue weighted by atomic mass is 19.1. The van der Waals surface area contributed by atoms with Gasteiger partial charge in [-0.3, -0.25) is 0 Å². The molecule has 104 valence electrons. The molecule has 3 rings (SSSR count). The van der Waals surface area contributed by atoms with Gasteiger partial charge in [-0.2, -0.15) is 0 Å². The molecule has 2 atom stereocenters. The molecule has 0 aromatic heterocycles. The fourth-order valence-electron chi connectivity index (χ4n) is 2.88. The van der Waals surface area contributed by atoms with Crippen molar-refractivity contribution in [2.45, 2.75) is 25.5 Å². The van der Waals surface area contributed by atoms with E-state index in [0.717, 1.165) is 6.42 Å². The molecule has 0 heterocycles. The number of hydrogen-bond donors (Lipinski definition) is 1. The van der Waals surface area contributed by atoms with E-state index in [-0.39, 0.29) is 18.0 Å². The Kier molecular flexibility index (Phi) is 3.45. The molecule has 2 unspecified atom stereocenters. The van der Waals surface area contributed by atoms with Gasteiger partial charge in [0.1, 0.15) is 6.10 Å². The highest BCUT2D eigenvalue weighted by Crippen LogP contribution is 2.34. The molecule has 0 amide bonds. The number of benzene rings is 2. The zero-order valence-electron chi connectivity index (χ0n) is 11.7. The third-order valence-electron chi connectivity index (χ3n) is 3.93. The molecule has 1 aliphatic rings. The van der Waals surface area contributed by atoms with Crippen LogP contribution in [0.1, 0.15) is 22.7 Å². The lowest BCUT2D eigenvalue weighted by molar-refractivity contribution is 0.164. The topological polar surface area (TPSA) is 21.3 Å². The van der Waals surface area contributed by atoms with Crippen LogP contribution in [0.2, 0.25) is 0 Å². The van der Waals surface area contributed by atoms with Crippen LogP contribution in [0.4, 0.5) is 4.39 Å². The second-order valence-corrected chi connectivity index (χ2v) is 5.21. The molecule has 0 fully saturated rings. The number of rotatable bonds is 3. The summed E-state index contributed by atoms with van der Waals surface area (Å²) in [6.07, 6.45) is 0.725. The number of nitrogens with one attached hydrogen (secondary N) is 1. The van der Waals surface area contributed by atoms with Gasteiger partial charge in [-0.05, 0) is 36.7 Å². The lowest BCUT2D eigenvalue weighted by Crippen LogP contribution is -2.30.